The second-order valence-corrected chi connectivity index (χ2v) is 7.73. The molecule has 1 aliphatic heterocycles. The van der Waals surface area contributed by atoms with Gasteiger partial charge in [-0.15, -0.1) is 0 Å². The first-order valence-electron chi connectivity index (χ1n) is 9.72. The maximum Gasteiger partial charge on any atom is 0.163 e. The van der Waals surface area contributed by atoms with E-state index in [1.807, 2.05) is 54.6 Å². The number of nitrogens with one attached hydrogen (secondary N) is 2. The average molecular weight is 411 g/mol. The van der Waals surface area contributed by atoms with Gasteiger partial charge >= 0.3 is 0 Å². The van der Waals surface area contributed by atoms with Crippen LogP contribution in [-0.2, 0) is 9.53 Å². The van der Waals surface area contributed by atoms with E-state index in [1.54, 1.807) is 6.92 Å². The van der Waals surface area contributed by atoms with Crippen molar-refractivity contribution in [3.63, 3.8) is 0 Å². The zero-order valence-corrected chi connectivity index (χ0v) is 17.3. The highest BCUT2D eigenvalue weighted by Gasteiger charge is 2.16. The van der Waals surface area contributed by atoms with Gasteiger partial charge in [0.2, 0.25) is 0 Å². The third kappa shape index (κ3) is 6.48. The Bertz CT molecular complexity index is 862. The Morgan fingerprint density at radius 2 is 2.00 bits per heavy atom. The van der Waals surface area contributed by atoms with Gasteiger partial charge in [-0.05, 0) is 60.3 Å². The van der Waals surface area contributed by atoms with Crippen LogP contribution in [0, 0.1) is 5.41 Å². The number of hydrogen-bond acceptors (Lipinski definition) is 6. The van der Waals surface area contributed by atoms with E-state index in [-0.39, 0.29) is 18.3 Å². The number of anilines is 1. The van der Waals surface area contributed by atoms with Gasteiger partial charge in [-0.1, -0.05) is 18.2 Å². The molecule has 0 atom stereocenters. The van der Waals surface area contributed by atoms with Crippen molar-refractivity contribution >= 4 is 35.7 Å². The highest BCUT2D eigenvalue weighted by molar-refractivity contribution is 8.00. The normalized spacial score (nSPS) is 15.0. The van der Waals surface area contributed by atoms with E-state index in [4.69, 9.17) is 14.9 Å². The Kier molecular flexibility index (Phi) is 7.90. The fourth-order valence-electron chi connectivity index (χ4n) is 2.98. The molecule has 1 saturated heterocycles. The van der Waals surface area contributed by atoms with Gasteiger partial charge in [0, 0.05) is 36.4 Å². The summed E-state index contributed by atoms with van der Waals surface area (Å²) in [6.45, 7) is 3.25. The largest absolute Gasteiger partial charge is 0.490 e. The fraction of sp³-hybridized carbons (Fsp3) is 0.304. The summed E-state index contributed by atoms with van der Waals surface area (Å²) in [4.78, 5) is 13.2. The molecular formula is C23H26N2O3S. The third-order valence-corrected chi connectivity index (χ3v) is 5.45. The Labute approximate surface area is 176 Å². The van der Waals surface area contributed by atoms with Gasteiger partial charge in [0.15, 0.2) is 5.78 Å². The predicted molar refractivity (Wildman–Crippen MR) is 119 cm³/mol. The third-order valence-electron chi connectivity index (χ3n) is 4.62. The fourth-order valence-corrected chi connectivity index (χ4v) is 3.68. The monoisotopic (exact) mass is 410 g/mol. The van der Waals surface area contributed by atoms with Gasteiger partial charge in [-0.25, -0.2) is 0 Å². The molecule has 0 amide bonds. The molecule has 6 heteroatoms. The van der Waals surface area contributed by atoms with Gasteiger partial charge in [-0.3, -0.25) is 4.79 Å². The zero-order chi connectivity index (χ0) is 20.5. The van der Waals surface area contributed by atoms with Gasteiger partial charge in [-0.2, -0.15) is 0 Å². The molecule has 0 spiro atoms. The first-order valence-corrected chi connectivity index (χ1v) is 10.5. The van der Waals surface area contributed by atoms with Gasteiger partial charge < -0.3 is 19.6 Å². The molecule has 2 aromatic rings. The van der Waals surface area contributed by atoms with E-state index < -0.39 is 0 Å². The van der Waals surface area contributed by atoms with Gasteiger partial charge in [0.05, 0.1) is 18.9 Å². The summed E-state index contributed by atoms with van der Waals surface area (Å²) in [5.41, 5.74) is 2.41. The lowest BCUT2D eigenvalue weighted by atomic mass is 10.1. The topological polar surface area (TPSA) is 71.4 Å². The number of Topliss-reactive ketones (excluding diaryl/α,β-unsaturated/α-hetero) is 1. The van der Waals surface area contributed by atoms with Crippen LogP contribution in [0.15, 0.2) is 59.0 Å². The minimum absolute atomic E-state index is 0.0517. The van der Waals surface area contributed by atoms with E-state index in [9.17, 15) is 4.79 Å². The Balaban J connectivity index is 1.81. The molecule has 1 aliphatic rings. The van der Waals surface area contributed by atoms with Crippen LogP contribution in [0.2, 0.25) is 0 Å². The van der Waals surface area contributed by atoms with E-state index >= 15 is 0 Å². The van der Waals surface area contributed by atoms with Crippen molar-refractivity contribution in [2.45, 2.75) is 37.2 Å². The minimum atomic E-state index is -0.0517. The molecule has 0 radical (unpaired) electrons. The summed E-state index contributed by atoms with van der Waals surface area (Å²) >= 11 is 1.51. The Morgan fingerprint density at radius 1 is 1.24 bits per heavy atom. The Morgan fingerprint density at radius 3 is 2.72 bits per heavy atom. The number of ketones is 1. The number of rotatable bonds is 9. The average Bonchev–Trinajstić information content (AvgIpc) is 2.75. The van der Waals surface area contributed by atoms with Crippen LogP contribution in [0.4, 0.5) is 5.69 Å². The highest BCUT2D eigenvalue weighted by atomic mass is 32.2. The molecule has 0 saturated carbocycles. The van der Waals surface area contributed by atoms with Crippen molar-refractivity contribution < 1.29 is 14.3 Å². The van der Waals surface area contributed by atoms with Crippen molar-refractivity contribution in [3.05, 3.63) is 59.7 Å². The van der Waals surface area contributed by atoms with E-state index in [2.05, 4.69) is 4.72 Å². The molecule has 0 aromatic heterocycles. The number of carbonyl (C=O) groups excluding carboxylic acids is 1. The lowest BCUT2D eigenvalue weighted by molar-refractivity contribution is -0.114. The minimum Gasteiger partial charge on any atom is -0.490 e. The number of allylic oxidation sites excluding steroid dienone is 1. The van der Waals surface area contributed by atoms with E-state index in [1.165, 1.54) is 11.9 Å². The summed E-state index contributed by atoms with van der Waals surface area (Å²) in [7, 11) is 0. The van der Waals surface area contributed by atoms with Crippen LogP contribution in [0.1, 0.15) is 31.7 Å². The van der Waals surface area contributed by atoms with Crippen molar-refractivity contribution in [1.29, 1.82) is 5.41 Å². The van der Waals surface area contributed by atoms with Crippen molar-refractivity contribution in [1.82, 2.24) is 0 Å². The lowest BCUT2D eigenvalue weighted by Crippen LogP contribution is -2.25. The first kappa shape index (κ1) is 21.1. The number of benzene rings is 2. The van der Waals surface area contributed by atoms with Gasteiger partial charge in [0.1, 0.15) is 11.9 Å². The molecule has 1 heterocycles. The van der Waals surface area contributed by atoms with Gasteiger partial charge in [0.25, 0.3) is 0 Å². The molecule has 3 rings (SSSR count). The van der Waals surface area contributed by atoms with E-state index in [0.717, 1.165) is 54.2 Å². The molecule has 2 N–H and O–H groups in total. The zero-order valence-electron chi connectivity index (χ0n) is 16.5. The SMILES string of the molecule is C/C(=C\c1ccc(OC2CCOCC2)cc1NSc1ccccc1)C(=O)CC=N. The number of ether oxygens (including phenoxy) is 2. The number of hydrogen-bond donors (Lipinski definition) is 2. The Hall–Kier alpha value is -2.57. The maximum absolute atomic E-state index is 12.1. The van der Waals surface area contributed by atoms with Crippen LogP contribution >= 0.6 is 11.9 Å². The van der Waals surface area contributed by atoms with Crippen LogP contribution in [0.3, 0.4) is 0 Å². The predicted octanol–water partition coefficient (Wildman–Crippen LogP) is 5.38. The highest BCUT2D eigenvalue weighted by Crippen LogP contribution is 2.30. The van der Waals surface area contributed by atoms with Crippen molar-refractivity contribution in [2.24, 2.45) is 0 Å². The second-order valence-electron chi connectivity index (χ2n) is 6.85. The summed E-state index contributed by atoms with van der Waals surface area (Å²) in [5, 5.41) is 7.15. The molecule has 29 heavy (non-hydrogen) atoms. The molecule has 152 valence electrons. The van der Waals surface area contributed by atoms with Crippen LogP contribution in [0.5, 0.6) is 5.75 Å². The standard InChI is InChI=1S/C23H26N2O3S/c1-17(23(26)9-12-24)15-18-7-8-20(28-19-10-13-27-14-11-19)16-22(18)25-29-21-5-3-2-4-6-21/h2-8,12,15-16,19,24-25H,9-11,13-14H2,1H3/b17-15+,24-12?. The smallest absolute Gasteiger partial charge is 0.163 e. The van der Waals surface area contributed by atoms with Crippen molar-refractivity contribution in [3.8, 4) is 5.75 Å². The summed E-state index contributed by atoms with van der Waals surface area (Å²) in [5.74, 6) is 0.748. The van der Waals surface area contributed by atoms with Crippen LogP contribution in [-0.4, -0.2) is 31.3 Å². The van der Waals surface area contributed by atoms with Crippen molar-refractivity contribution in [2.75, 3.05) is 17.9 Å². The maximum atomic E-state index is 12.1. The molecule has 0 unspecified atom stereocenters. The summed E-state index contributed by atoms with van der Waals surface area (Å²) in [6, 6.07) is 15.9. The quantitative estimate of drug-likeness (QED) is 0.330. The molecule has 5 nitrogen and oxygen atoms in total. The molecule has 0 bridgehead atoms. The molecule has 1 fully saturated rings. The van der Waals surface area contributed by atoms with Crippen LogP contribution in [0.25, 0.3) is 6.08 Å². The molecular weight excluding hydrogens is 384 g/mol. The number of carbonyl (C=O) groups is 1. The lowest BCUT2D eigenvalue weighted by Gasteiger charge is -2.24. The summed E-state index contributed by atoms with van der Waals surface area (Å²) < 4.78 is 14.9. The van der Waals surface area contributed by atoms with Crippen LogP contribution < -0.4 is 9.46 Å². The molecule has 2 aromatic carbocycles. The first-order chi connectivity index (χ1) is 14.2. The van der Waals surface area contributed by atoms with E-state index in [0.29, 0.717) is 5.57 Å². The second kappa shape index (κ2) is 10.8. The summed E-state index contributed by atoms with van der Waals surface area (Å²) in [6.07, 6.45) is 5.05. The molecule has 0 aliphatic carbocycles.